The first kappa shape index (κ1) is 20.8. The van der Waals surface area contributed by atoms with Crippen LogP contribution < -0.4 is 9.54 Å². The second-order valence-corrected chi connectivity index (χ2v) is 8.79. The fourth-order valence-electron chi connectivity index (χ4n) is 2.47. The highest BCUT2D eigenvalue weighted by atomic mass is 79.9. The van der Waals surface area contributed by atoms with E-state index in [0.717, 1.165) is 27.4 Å². The van der Waals surface area contributed by atoms with Crippen LogP contribution >= 0.6 is 43.2 Å². The molecule has 3 aromatic rings. The van der Waals surface area contributed by atoms with Gasteiger partial charge in [0.15, 0.2) is 0 Å². The van der Waals surface area contributed by atoms with E-state index in [1.165, 1.54) is 0 Å². The number of halogens is 2. The van der Waals surface area contributed by atoms with Crippen LogP contribution in [-0.4, -0.2) is 29.1 Å². The van der Waals surface area contributed by atoms with Crippen molar-refractivity contribution in [3.63, 3.8) is 0 Å². The molecule has 0 aliphatic carbocycles. The highest BCUT2D eigenvalue weighted by molar-refractivity contribution is 9.11. The molecule has 3 rings (SSSR count). The second kappa shape index (κ2) is 9.07. The van der Waals surface area contributed by atoms with Crippen LogP contribution in [-0.2, 0) is 0 Å². The van der Waals surface area contributed by atoms with Crippen LogP contribution in [0.3, 0.4) is 0 Å². The van der Waals surface area contributed by atoms with Crippen LogP contribution in [0.2, 0.25) is 0 Å². The summed E-state index contributed by atoms with van der Waals surface area (Å²) in [5.41, 5.74) is 2.80. The van der Waals surface area contributed by atoms with Crippen molar-refractivity contribution in [3.05, 3.63) is 61.1 Å². The number of benzene rings is 2. The minimum atomic E-state index is 0.153. The Hall–Kier alpha value is -1.90. The smallest absolute Gasteiger partial charge is 0.206 e. The molecule has 0 aliphatic heterocycles. The maximum Gasteiger partial charge on any atom is 0.206 e. The number of hydrogen-bond acceptors (Lipinski definition) is 5. The number of phenols is 1. The Balaban J connectivity index is 2.08. The van der Waals surface area contributed by atoms with Gasteiger partial charge in [-0.3, -0.25) is 4.99 Å². The Bertz CT molecular complexity index is 1050. The summed E-state index contributed by atoms with van der Waals surface area (Å²) < 4.78 is 8.28. The Morgan fingerprint density at radius 2 is 1.79 bits per heavy atom. The standard InChI is InChI=1S/C20H19Br2N3O2S/c1-12(2)24-20-25(23-10-13-8-16(21)19(26)17(22)9-13)18(11-28-20)14-4-6-15(27-3)7-5-14/h4-12,26H,1-3H3. The van der Waals surface area contributed by atoms with Crippen molar-refractivity contribution in [2.45, 2.75) is 19.9 Å². The van der Waals surface area contributed by atoms with Crippen molar-refractivity contribution in [2.75, 3.05) is 7.11 Å². The molecular formula is C20H19Br2N3O2S. The number of ether oxygens (including phenoxy) is 1. The van der Waals surface area contributed by atoms with Gasteiger partial charge < -0.3 is 9.84 Å². The van der Waals surface area contributed by atoms with E-state index in [4.69, 9.17) is 4.74 Å². The quantitative estimate of drug-likeness (QED) is 0.438. The van der Waals surface area contributed by atoms with Gasteiger partial charge >= 0.3 is 0 Å². The Morgan fingerprint density at radius 3 is 2.36 bits per heavy atom. The van der Waals surface area contributed by atoms with Gasteiger partial charge in [-0.05, 0) is 87.7 Å². The molecule has 1 heterocycles. The summed E-state index contributed by atoms with van der Waals surface area (Å²) in [4.78, 5) is 5.50. The number of hydrogen-bond donors (Lipinski definition) is 1. The molecule has 5 nitrogen and oxygen atoms in total. The highest BCUT2D eigenvalue weighted by Gasteiger charge is 2.09. The molecule has 0 bridgehead atoms. The van der Waals surface area contributed by atoms with Crippen molar-refractivity contribution in [1.82, 2.24) is 4.68 Å². The maximum atomic E-state index is 9.89. The third kappa shape index (κ3) is 4.74. The molecule has 0 saturated carbocycles. The molecule has 1 N–H and O–H groups in total. The molecular weight excluding hydrogens is 506 g/mol. The fraction of sp³-hybridized carbons (Fsp3) is 0.200. The Morgan fingerprint density at radius 1 is 1.14 bits per heavy atom. The number of phenolic OH excluding ortho intramolecular Hbond substituents is 1. The summed E-state index contributed by atoms with van der Waals surface area (Å²) in [5.74, 6) is 0.967. The summed E-state index contributed by atoms with van der Waals surface area (Å²) in [7, 11) is 1.65. The Kier molecular flexibility index (Phi) is 6.74. The van der Waals surface area contributed by atoms with Gasteiger partial charge in [0.05, 0.1) is 28.0 Å². The van der Waals surface area contributed by atoms with E-state index < -0.39 is 0 Å². The topological polar surface area (TPSA) is 59.1 Å². The van der Waals surface area contributed by atoms with Crippen molar-refractivity contribution >= 4 is 49.4 Å². The van der Waals surface area contributed by atoms with E-state index in [0.29, 0.717) is 8.95 Å². The highest BCUT2D eigenvalue weighted by Crippen LogP contribution is 2.33. The summed E-state index contributed by atoms with van der Waals surface area (Å²) in [6, 6.07) is 11.6. The van der Waals surface area contributed by atoms with Gasteiger partial charge in [-0.15, -0.1) is 11.3 Å². The van der Waals surface area contributed by atoms with Crippen LogP contribution in [0, 0.1) is 0 Å². The summed E-state index contributed by atoms with van der Waals surface area (Å²) >= 11 is 8.25. The zero-order chi connectivity index (χ0) is 20.3. The number of methoxy groups -OCH3 is 1. The van der Waals surface area contributed by atoms with Crippen LogP contribution in [0.15, 0.2) is 60.8 Å². The molecule has 0 spiro atoms. The lowest BCUT2D eigenvalue weighted by Gasteiger charge is -2.06. The first-order chi connectivity index (χ1) is 13.4. The molecule has 2 aromatic carbocycles. The lowest BCUT2D eigenvalue weighted by Crippen LogP contribution is -2.14. The van der Waals surface area contributed by atoms with Crippen molar-refractivity contribution < 1.29 is 9.84 Å². The second-order valence-electron chi connectivity index (χ2n) is 6.24. The van der Waals surface area contributed by atoms with E-state index in [-0.39, 0.29) is 11.8 Å². The number of thiazole rings is 1. The molecule has 146 valence electrons. The van der Waals surface area contributed by atoms with Gasteiger partial charge in [0.1, 0.15) is 11.5 Å². The molecule has 28 heavy (non-hydrogen) atoms. The molecule has 0 unspecified atom stereocenters. The third-order valence-corrected chi connectivity index (χ3v) is 5.84. The van der Waals surface area contributed by atoms with Crippen molar-refractivity contribution in [1.29, 1.82) is 0 Å². The van der Waals surface area contributed by atoms with E-state index in [9.17, 15) is 5.11 Å². The predicted octanol–water partition coefficient (Wildman–Crippen LogP) is 5.65. The normalized spacial score (nSPS) is 12.3. The monoisotopic (exact) mass is 523 g/mol. The number of nitrogens with zero attached hydrogens (tertiary/aromatic N) is 3. The van der Waals surface area contributed by atoms with Crippen LogP contribution in [0.1, 0.15) is 19.4 Å². The Labute approximate surface area is 184 Å². The van der Waals surface area contributed by atoms with Crippen molar-refractivity contribution in [2.24, 2.45) is 10.1 Å². The number of aromatic hydroxyl groups is 1. The average Bonchev–Trinajstić information content (AvgIpc) is 3.06. The summed E-state index contributed by atoms with van der Waals surface area (Å²) in [5, 5.41) is 16.6. The average molecular weight is 525 g/mol. The van der Waals surface area contributed by atoms with Crippen molar-refractivity contribution in [3.8, 4) is 22.8 Å². The van der Waals surface area contributed by atoms with E-state index >= 15 is 0 Å². The third-order valence-electron chi connectivity index (χ3n) is 3.80. The fourth-order valence-corrected chi connectivity index (χ4v) is 4.66. The zero-order valence-corrected chi connectivity index (χ0v) is 19.5. The van der Waals surface area contributed by atoms with E-state index in [1.807, 2.05) is 60.3 Å². The molecule has 0 amide bonds. The van der Waals surface area contributed by atoms with Gasteiger partial charge in [-0.1, -0.05) is 0 Å². The lowest BCUT2D eigenvalue weighted by molar-refractivity contribution is 0.415. The number of aromatic nitrogens is 1. The zero-order valence-electron chi connectivity index (χ0n) is 15.6. The first-order valence-corrected chi connectivity index (χ1v) is 11.0. The SMILES string of the molecule is COc1ccc(-c2csc(=NC(C)C)n2N=Cc2cc(Br)c(O)c(Br)c2)cc1. The summed E-state index contributed by atoms with van der Waals surface area (Å²) in [6.07, 6.45) is 1.74. The molecule has 8 heteroatoms. The predicted molar refractivity (Wildman–Crippen MR) is 121 cm³/mol. The minimum absolute atomic E-state index is 0.153. The van der Waals surface area contributed by atoms with Crippen LogP contribution in [0.5, 0.6) is 11.5 Å². The van der Waals surface area contributed by atoms with E-state index in [1.54, 1.807) is 24.7 Å². The van der Waals surface area contributed by atoms with E-state index in [2.05, 4.69) is 42.0 Å². The van der Waals surface area contributed by atoms with Crippen LogP contribution in [0.4, 0.5) is 0 Å². The lowest BCUT2D eigenvalue weighted by atomic mass is 10.2. The van der Waals surface area contributed by atoms with Crippen LogP contribution in [0.25, 0.3) is 11.3 Å². The first-order valence-electron chi connectivity index (χ1n) is 8.50. The molecule has 0 radical (unpaired) electrons. The van der Waals surface area contributed by atoms with Gasteiger partial charge in [0, 0.05) is 17.0 Å². The molecule has 0 aliphatic rings. The van der Waals surface area contributed by atoms with Gasteiger partial charge in [0.2, 0.25) is 4.80 Å². The van der Waals surface area contributed by atoms with Gasteiger partial charge in [0.25, 0.3) is 0 Å². The maximum absolute atomic E-state index is 9.89. The molecule has 0 fully saturated rings. The number of rotatable bonds is 5. The largest absolute Gasteiger partial charge is 0.506 e. The molecule has 1 aromatic heterocycles. The summed E-state index contributed by atoms with van der Waals surface area (Å²) in [6.45, 7) is 4.07. The minimum Gasteiger partial charge on any atom is -0.506 e. The molecule has 0 atom stereocenters. The van der Waals surface area contributed by atoms with Gasteiger partial charge in [-0.2, -0.15) is 5.10 Å². The van der Waals surface area contributed by atoms with Gasteiger partial charge in [-0.25, -0.2) is 4.68 Å². The molecule has 0 saturated heterocycles.